The van der Waals surface area contributed by atoms with E-state index in [4.69, 9.17) is 18.9 Å². The highest BCUT2D eigenvalue weighted by molar-refractivity contribution is 7.07. The van der Waals surface area contributed by atoms with Crippen molar-refractivity contribution in [2.24, 2.45) is 4.99 Å². The average molecular weight is 551 g/mol. The lowest BCUT2D eigenvalue weighted by atomic mass is 9.95. The number of carbonyl (C=O) groups is 1. The Morgan fingerprint density at radius 2 is 1.90 bits per heavy atom. The molecular weight excluding hydrogens is 516 g/mol. The summed E-state index contributed by atoms with van der Waals surface area (Å²) in [4.78, 5) is 32.3. The molecule has 4 rings (SSSR count). The van der Waals surface area contributed by atoms with Gasteiger partial charge in [-0.2, -0.15) is 0 Å². The molecule has 206 valence electrons. The molecule has 0 saturated heterocycles. The predicted molar refractivity (Wildman–Crippen MR) is 151 cm³/mol. The van der Waals surface area contributed by atoms with Crippen molar-refractivity contribution in [2.75, 3.05) is 20.3 Å². The van der Waals surface area contributed by atoms with Crippen LogP contribution in [0.3, 0.4) is 0 Å². The summed E-state index contributed by atoms with van der Waals surface area (Å²) in [5.41, 5.74) is 2.03. The summed E-state index contributed by atoms with van der Waals surface area (Å²) in [5, 5.41) is 0. The molecule has 0 saturated carbocycles. The van der Waals surface area contributed by atoms with Crippen LogP contribution in [0.4, 0.5) is 0 Å². The third-order valence-electron chi connectivity index (χ3n) is 6.04. The van der Waals surface area contributed by atoms with Crippen LogP contribution < -0.4 is 29.1 Å². The Labute approximate surface area is 231 Å². The number of allylic oxidation sites excluding steroid dienone is 1. The number of thiazole rings is 1. The minimum atomic E-state index is -0.753. The molecule has 2 aromatic carbocycles. The number of nitrogens with zero attached hydrogens (tertiary/aromatic N) is 2. The Morgan fingerprint density at radius 1 is 1.13 bits per heavy atom. The maximum atomic E-state index is 13.9. The van der Waals surface area contributed by atoms with E-state index >= 15 is 0 Å². The summed E-state index contributed by atoms with van der Waals surface area (Å²) >= 11 is 1.27. The van der Waals surface area contributed by atoms with E-state index in [1.165, 1.54) is 11.3 Å². The number of hydrogen-bond acceptors (Lipinski definition) is 8. The zero-order chi connectivity index (χ0) is 28.1. The molecule has 0 amide bonds. The molecule has 1 aromatic heterocycles. The van der Waals surface area contributed by atoms with Gasteiger partial charge in [0.1, 0.15) is 11.8 Å². The number of ether oxygens (including phenoxy) is 4. The van der Waals surface area contributed by atoms with Crippen LogP contribution >= 0.6 is 11.3 Å². The number of para-hydroxylation sites is 1. The number of aromatic nitrogens is 1. The molecule has 0 N–H and O–H groups in total. The summed E-state index contributed by atoms with van der Waals surface area (Å²) in [6.45, 7) is 10.2. The minimum Gasteiger partial charge on any atom is -0.493 e. The van der Waals surface area contributed by atoms with Gasteiger partial charge in [-0.05, 0) is 64.0 Å². The van der Waals surface area contributed by atoms with Gasteiger partial charge in [0.15, 0.2) is 16.3 Å². The summed E-state index contributed by atoms with van der Waals surface area (Å²) < 4.78 is 24.8. The highest BCUT2D eigenvalue weighted by atomic mass is 32.1. The number of hydrogen-bond donors (Lipinski definition) is 0. The van der Waals surface area contributed by atoms with Crippen molar-refractivity contribution < 1.29 is 23.7 Å². The maximum absolute atomic E-state index is 13.9. The third-order valence-corrected chi connectivity index (χ3v) is 7.02. The summed E-state index contributed by atoms with van der Waals surface area (Å²) in [7, 11) is 1.59. The highest BCUT2D eigenvalue weighted by Gasteiger charge is 2.35. The van der Waals surface area contributed by atoms with Crippen molar-refractivity contribution in [3.05, 3.63) is 84.5 Å². The van der Waals surface area contributed by atoms with E-state index in [0.29, 0.717) is 50.0 Å². The van der Waals surface area contributed by atoms with E-state index in [-0.39, 0.29) is 18.3 Å². The molecule has 0 fully saturated rings. The van der Waals surface area contributed by atoms with Crippen LogP contribution in [0.2, 0.25) is 0 Å². The number of esters is 1. The van der Waals surface area contributed by atoms with E-state index in [1.807, 2.05) is 63.2 Å². The molecule has 0 radical (unpaired) electrons. The normalized spacial score (nSPS) is 15.2. The van der Waals surface area contributed by atoms with Gasteiger partial charge in [-0.25, -0.2) is 9.79 Å². The molecular formula is C30H34N2O6S. The zero-order valence-electron chi connectivity index (χ0n) is 23.1. The molecule has 0 spiro atoms. The van der Waals surface area contributed by atoms with Crippen molar-refractivity contribution in [1.82, 2.24) is 4.57 Å². The van der Waals surface area contributed by atoms with Crippen molar-refractivity contribution in [2.45, 2.75) is 53.2 Å². The Bertz CT molecular complexity index is 1570. The molecule has 1 aliphatic heterocycles. The molecule has 9 heteroatoms. The van der Waals surface area contributed by atoms with Gasteiger partial charge in [-0.3, -0.25) is 9.36 Å². The maximum Gasteiger partial charge on any atom is 0.338 e. The first-order valence-electron chi connectivity index (χ1n) is 13.0. The lowest BCUT2D eigenvalue weighted by Crippen LogP contribution is -2.40. The second-order valence-electron chi connectivity index (χ2n) is 9.27. The predicted octanol–water partition coefficient (Wildman–Crippen LogP) is 4.38. The fourth-order valence-electron chi connectivity index (χ4n) is 4.41. The quantitative estimate of drug-likeness (QED) is 0.348. The lowest BCUT2D eigenvalue weighted by Gasteiger charge is -2.26. The van der Waals surface area contributed by atoms with Gasteiger partial charge in [-0.1, -0.05) is 42.5 Å². The summed E-state index contributed by atoms with van der Waals surface area (Å²) in [6, 6.07) is 12.2. The largest absolute Gasteiger partial charge is 0.493 e. The van der Waals surface area contributed by atoms with Crippen molar-refractivity contribution in [3.63, 3.8) is 0 Å². The molecule has 2 heterocycles. The number of rotatable bonds is 10. The first-order chi connectivity index (χ1) is 18.8. The van der Waals surface area contributed by atoms with Crippen LogP contribution in [0.1, 0.15) is 58.2 Å². The molecule has 1 aliphatic rings. The van der Waals surface area contributed by atoms with Crippen LogP contribution in [0.25, 0.3) is 6.08 Å². The van der Waals surface area contributed by atoms with Gasteiger partial charge in [0.05, 0.1) is 42.2 Å². The van der Waals surface area contributed by atoms with Crippen LogP contribution in [0, 0.1) is 0 Å². The van der Waals surface area contributed by atoms with E-state index < -0.39 is 12.0 Å². The SMILES string of the molecule is CCCOc1ccc(/C=c2\sc3n(c2=O)C(c2ccccc2OC(C)C)C(C(=O)OCC)=C(C)N=3)cc1OC. The second-order valence-corrected chi connectivity index (χ2v) is 10.3. The number of benzene rings is 2. The number of fused-ring (bicyclic) bond motifs is 1. The van der Waals surface area contributed by atoms with Gasteiger partial charge in [-0.15, -0.1) is 0 Å². The lowest BCUT2D eigenvalue weighted by molar-refractivity contribution is -0.139. The summed E-state index contributed by atoms with van der Waals surface area (Å²) in [5.74, 6) is 1.32. The number of carbonyl (C=O) groups excluding carboxylic acids is 1. The minimum absolute atomic E-state index is 0.0997. The Kier molecular flexibility index (Phi) is 8.91. The Balaban J connectivity index is 1.91. The highest BCUT2D eigenvalue weighted by Crippen LogP contribution is 2.36. The van der Waals surface area contributed by atoms with E-state index in [0.717, 1.165) is 12.0 Å². The first kappa shape index (κ1) is 28.2. The standard InChI is InChI=1S/C30H34N2O6S/c1-7-15-37-23-14-13-20(16-24(23)35-6)17-25-28(33)32-27(21-11-9-10-12-22(21)38-18(3)4)26(29(34)36-8-2)19(5)31-30(32)39-25/h9-14,16-18,27H,7-8,15H2,1-6H3/b25-17-. The van der Waals surface area contributed by atoms with Crippen molar-refractivity contribution in [3.8, 4) is 17.2 Å². The van der Waals surface area contributed by atoms with Gasteiger partial charge in [0, 0.05) is 5.56 Å². The average Bonchev–Trinajstić information content (AvgIpc) is 3.21. The molecule has 3 aromatic rings. The third kappa shape index (κ3) is 5.93. The smallest absolute Gasteiger partial charge is 0.338 e. The van der Waals surface area contributed by atoms with Crippen LogP contribution in [-0.4, -0.2) is 37.0 Å². The Hall–Kier alpha value is -3.85. The molecule has 1 atom stereocenters. The molecule has 0 bridgehead atoms. The van der Waals surface area contributed by atoms with Gasteiger partial charge in [0.2, 0.25) is 0 Å². The number of methoxy groups -OCH3 is 1. The van der Waals surface area contributed by atoms with Gasteiger partial charge >= 0.3 is 5.97 Å². The zero-order valence-corrected chi connectivity index (χ0v) is 24.0. The monoisotopic (exact) mass is 550 g/mol. The van der Waals surface area contributed by atoms with Crippen LogP contribution in [-0.2, 0) is 9.53 Å². The van der Waals surface area contributed by atoms with Gasteiger partial charge < -0.3 is 18.9 Å². The van der Waals surface area contributed by atoms with E-state index in [2.05, 4.69) is 4.99 Å². The first-order valence-corrected chi connectivity index (χ1v) is 13.9. The molecule has 8 nitrogen and oxygen atoms in total. The van der Waals surface area contributed by atoms with Crippen LogP contribution in [0.5, 0.6) is 17.2 Å². The second kappa shape index (κ2) is 12.3. The van der Waals surface area contributed by atoms with Crippen molar-refractivity contribution in [1.29, 1.82) is 0 Å². The Morgan fingerprint density at radius 3 is 2.59 bits per heavy atom. The fourth-order valence-corrected chi connectivity index (χ4v) is 5.46. The topological polar surface area (TPSA) is 88.4 Å². The van der Waals surface area contributed by atoms with E-state index in [9.17, 15) is 9.59 Å². The van der Waals surface area contributed by atoms with E-state index in [1.54, 1.807) is 31.6 Å². The summed E-state index contributed by atoms with van der Waals surface area (Å²) in [6.07, 6.45) is 2.58. The molecule has 1 unspecified atom stereocenters. The van der Waals surface area contributed by atoms with Crippen molar-refractivity contribution >= 4 is 23.4 Å². The molecule has 39 heavy (non-hydrogen) atoms. The van der Waals surface area contributed by atoms with Gasteiger partial charge in [0.25, 0.3) is 5.56 Å². The molecule has 0 aliphatic carbocycles. The fraction of sp³-hybridized carbons (Fsp3) is 0.367. The van der Waals surface area contributed by atoms with Crippen LogP contribution in [0.15, 0.2) is 63.5 Å².